The van der Waals surface area contributed by atoms with Crippen LogP contribution in [0.4, 0.5) is 0 Å². The Labute approximate surface area is 242 Å². The van der Waals surface area contributed by atoms with E-state index in [1.54, 1.807) is 18.2 Å². The van der Waals surface area contributed by atoms with Gasteiger partial charge in [0.15, 0.2) is 0 Å². The molecule has 0 aliphatic heterocycles. The van der Waals surface area contributed by atoms with Crippen LogP contribution in [-0.4, -0.2) is 5.97 Å². The fraction of sp³-hybridized carbons (Fsp3) is 0.118. The standard InChI is InChI=1S/C34H27ClO6/c1-22(2)28-5-3-4-6-30(28)41-32-21-39-31-19-27(16-17-29(31)34(32)37)40-33(36)18-11-23-9-14-26(15-10-23)38-20-24-7-12-25(35)13-8-24/h3-19,21-22H,20H2,1-2H3. The minimum absolute atomic E-state index is 0.0830. The molecule has 0 N–H and O–H groups in total. The number of halogens is 1. The molecule has 6 nitrogen and oxygen atoms in total. The van der Waals surface area contributed by atoms with Crippen molar-refractivity contribution in [2.24, 2.45) is 0 Å². The smallest absolute Gasteiger partial charge is 0.336 e. The highest BCUT2D eigenvalue weighted by Gasteiger charge is 2.14. The summed E-state index contributed by atoms with van der Waals surface area (Å²) in [6.07, 6.45) is 4.24. The van der Waals surface area contributed by atoms with Gasteiger partial charge in [-0.25, -0.2) is 4.79 Å². The van der Waals surface area contributed by atoms with E-state index < -0.39 is 5.97 Å². The molecule has 5 aromatic rings. The van der Waals surface area contributed by atoms with Gasteiger partial charge < -0.3 is 18.6 Å². The molecule has 4 aromatic carbocycles. The summed E-state index contributed by atoms with van der Waals surface area (Å²) in [5.74, 6) is 1.30. The van der Waals surface area contributed by atoms with Gasteiger partial charge in [0.1, 0.15) is 35.7 Å². The summed E-state index contributed by atoms with van der Waals surface area (Å²) in [5.41, 5.74) is 2.76. The molecular weight excluding hydrogens is 540 g/mol. The largest absolute Gasteiger partial charge is 0.489 e. The van der Waals surface area contributed by atoms with E-state index >= 15 is 0 Å². The Morgan fingerprint density at radius 2 is 1.63 bits per heavy atom. The van der Waals surface area contributed by atoms with Crippen LogP contribution < -0.4 is 19.6 Å². The van der Waals surface area contributed by atoms with Crippen LogP contribution in [-0.2, 0) is 11.4 Å². The highest BCUT2D eigenvalue weighted by atomic mass is 35.5. The van der Waals surface area contributed by atoms with Crippen molar-refractivity contribution in [3.8, 4) is 23.0 Å². The second kappa shape index (κ2) is 12.6. The van der Waals surface area contributed by atoms with Crippen LogP contribution in [0.25, 0.3) is 17.0 Å². The van der Waals surface area contributed by atoms with Crippen molar-refractivity contribution in [1.82, 2.24) is 0 Å². The van der Waals surface area contributed by atoms with E-state index in [1.165, 1.54) is 18.4 Å². The third-order valence-electron chi connectivity index (χ3n) is 6.30. The van der Waals surface area contributed by atoms with E-state index in [1.807, 2.05) is 72.8 Å². The average molecular weight is 567 g/mol. The van der Waals surface area contributed by atoms with E-state index in [0.717, 1.165) is 16.7 Å². The first-order valence-corrected chi connectivity index (χ1v) is 13.4. The number of esters is 1. The first-order valence-electron chi connectivity index (χ1n) is 13.1. The normalized spacial score (nSPS) is 11.2. The molecule has 5 rings (SSSR count). The number of hydrogen-bond donors (Lipinski definition) is 0. The zero-order valence-corrected chi connectivity index (χ0v) is 23.3. The van der Waals surface area contributed by atoms with E-state index in [2.05, 4.69) is 13.8 Å². The van der Waals surface area contributed by atoms with Crippen molar-refractivity contribution in [3.05, 3.63) is 135 Å². The maximum Gasteiger partial charge on any atom is 0.336 e. The van der Waals surface area contributed by atoms with Gasteiger partial charge in [-0.15, -0.1) is 0 Å². The lowest BCUT2D eigenvalue weighted by molar-refractivity contribution is -0.128. The molecule has 1 aromatic heterocycles. The molecule has 0 saturated heterocycles. The van der Waals surface area contributed by atoms with Crippen LogP contribution in [0.3, 0.4) is 0 Å². The summed E-state index contributed by atoms with van der Waals surface area (Å²) < 4.78 is 22.8. The van der Waals surface area contributed by atoms with Crippen LogP contribution in [0.1, 0.15) is 36.5 Å². The summed E-state index contributed by atoms with van der Waals surface area (Å²) in [5, 5.41) is 0.997. The minimum atomic E-state index is -0.569. The van der Waals surface area contributed by atoms with Gasteiger partial charge in [0, 0.05) is 17.2 Å². The highest BCUT2D eigenvalue weighted by Crippen LogP contribution is 2.30. The second-order valence-corrected chi connectivity index (χ2v) is 10.1. The monoisotopic (exact) mass is 566 g/mol. The van der Waals surface area contributed by atoms with Crippen molar-refractivity contribution >= 4 is 34.6 Å². The van der Waals surface area contributed by atoms with Crippen molar-refractivity contribution in [2.75, 3.05) is 0 Å². The average Bonchev–Trinajstić information content (AvgIpc) is 2.98. The molecule has 7 heteroatoms. The molecule has 206 valence electrons. The van der Waals surface area contributed by atoms with E-state index in [9.17, 15) is 9.59 Å². The first kappa shape index (κ1) is 27.7. The number of benzene rings is 4. The Bertz CT molecular complexity index is 1750. The highest BCUT2D eigenvalue weighted by molar-refractivity contribution is 6.30. The molecule has 0 bridgehead atoms. The number of fused-ring (bicyclic) bond motifs is 1. The Morgan fingerprint density at radius 1 is 0.902 bits per heavy atom. The summed E-state index contributed by atoms with van der Waals surface area (Å²) >= 11 is 5.91. The molecule has 1 heterocycles. The van der Waals surface area contributed by atoms with Crippen molar-refractivity contribution < 1.29 is 23.4 Å². The predicted molar refractivity (Wildman–Crippen MR) is 160 cm³/mol. The van der Waals surface area contributed by atoms with Crippen LogP contribution in [0, 0.1) is 0 Å². The molecule has 0 aliphatic carbocycles. The fourth-order valence-corrected chi connectivity index (χ4v) is 4.26. The zero-order valence-electron chi connectivity index (χ0n) is 22.5. The molecule has 0 fully saturated rings. The maximum atomic E-state index is 13.0. The van der Waals surface area contributed by atoms with Gasteiger partial charge in [-0.05, 0) is 71.1 Å². The van der Waals surface area contributed by atoms with Gasteiger partial charge in [0.25, 0.3) is 0 Å². The maximum absolute atomic E-state index is 13.0. The van der Waals surface area contributed by atoms with Crippen LogP contribution in [0.2, 0.25) is 5.02 Å². The van der Waals surface area contributed by atoms with Gasteiger partial charge in [-0.3, -0.25) is 4.79 Å². The Balaban J connectivity index is 1.20. The summed E-state index contributed by atoms with van der Waals surface area (Å²) in [6, 6.07) is 27.0. The lowest BCUT2D eigenvalue weighted by Gasteiger charge is -2.13. The number of ether oxygens (including phenoxy) is 3. The summed E-state index contributed by atoms with van der Waals surface area (Å²) in [4.78, 5) is 25.5. The van der Waals surface area contributed by atoms with Gasteiger partial charge in [-0.2, -0.15) is 0 Å². The molecule has 0 atom stereocenters. The topological polar surface area (TPSA) is 75.0 Å². The van der Waals surface area contributed by atoms with Crippen molar-refractivity contribution in [1.29, 1.82) is 0 Å². The van der Waals surface area contributed by atoms with Gasteiger partial charge in [0.05, 0.1) is 5.39 Å². The number of carbonyl (C=O) groups excluding carboxylic acids is 1. The molecular formula is C34H27ClO6. The van der Waals surface area contributed by atoms with E-state index in [0.29, 0.717) is 28.5 Å². The van der Waals surface area contributed by atoms with Crippen LogP contribution in [0.15, 0.2) is 113 Å². The number of rotatable bonds is 9. The second-order valence-electron chi connectivity index (χ2n) is 9.62. The van der Waals surface area contributed by atoms with Crippen molar-refractivity contribution in [3.63, 3.8) is 0 Å². The number of para-hydroxylation sites is 1. The third-order valence-corrected chi connectivity index (χ3v) is 6.56. The van der Waals surface area contributed by atoms with Crippen LogP contribution >= 0.6 is 11.6 Å². The van der Waals surface area contributed by atoms with Gasteiger partial charge >= 0.3 is 5.97 Å². The molecule has 0 radical (unpaired) electrons. The minimum Gasteiger partial charge on any atom is -0.489 e. The van der Waals surface area contributed by atoms with E-state index in [4.69, 9.17) is 30.2 Å². The first-order chi connectivity index (χ1) is 19.9. The number of carbonyl (C=O) groups is 1. The zero-order chi connectivity index (χ0) is 28.8. The third kappa shape index (κ3) is 7.04. The predicted octanol–water partition coefficient (Wildman–Crippen LogP) is 8.56. The SMILES string of the molecule is CC(C)c1ccccc1Oc1coc2cc(OC(=O)C=Cc3ccc(OCc4ccc(Cl)cc4)cc3)ccc2c1=O. The summed E-state index contributed by atoms with van der Waals surface area (Å²) in [6.45, 7) is 4.53. The molecule has 0 amide bonds. The van der Waals surface area contributed by atoms with Gasteiger partial charge in [0.2, 0.25) is 11.2 Å². The molecule has 0 aliphatic rings. The Kier molecular flexibility index (Phi) is 8.51. The molecule has 0 spiro atoms. The lowest BCUT2D eigenvalue weighted by Crippen LogP contribution is -2.07. The van der Waals surface area contributed by atoms with Crippen LogP contribution in [0.5, 0.6) is 23.0 Å². The van der Waals surface area contributed by atoms with Gasteiger partial charge in [-0.1, -0.05) is 67.9 Å². The molecule has 0 unspecified atom stereocenters. The number of hydrogen-bond acceptors (Lipinski definition) is 6. The summed E-state index contributed by atoms with van der Waals surface area (Å²) in [7, 11) is 0. The Morgan fingerprint density at radius 3 is 2.39 bits per heavy atom. The molecule has 41 heavy (non-hydrogen) atoms. The quantitative estimate of drug-likeness (QED) is 0.101. The fourth-order valence-electron chi connectivity index (χ4n) is 4.13. The lowest BCUT2D eigenvalue weighted by atomic mass is 10.0. The van der Waals surface area contributed by atoms with E-state index in [-0.39, 0.29) is 28.4 Å². The molecule has 0 saturated carbocycles. The Hall–Kier alpha value is -4.81. The van der Waals surface area contributed by atoms with Crippen molar-refractivity contribution in [2.45, 2.75) is 26.4 Å².